The summed E-state index contributed by atoms with van der Waals surface area (Å²) < 4.78 is 5.24. The summed E-state index contributed by atoms with van der Waals surface area (Å²) in [6, 6.07) is 5.71. The summed E-state index contributed by atoms with van der Waals surface area (Å²) in [4.78, 5) is 26.0. The van der Waals surface area contributed by atoms with Gasteiger partial charge in [-0.05, 0) is 38.2 Å². The standard InChI is InChI=1S/C15H23N3O4/c1-17(2)8-9-18(3)15(21)22-12-6-4-11(5-7-12)10-13(16)14(19)20/h4-7,13H,8-10,16H2,1-3H3,(H,19,20)/t13-/m0/s1. The van der Waals surface area contributed by atoms with Crippen LogP contribution in [0.1, 0.15) is 5.56 Å². The minimum Gasteiger partial charge on any atom is -0.480 e. The van der Waals surface area contributed by atoms with E-state index < -0.39 is 18.1 Å². The topological polar surface area (TPSA) is 96.1 Å². The molecule has 1 atom stereocenters. The van der Waals surface area contributed by atoms with E-state index in [0.29, 0.717) is 12.3 Å². The van der Waals surface area contributed by atoms with Crippen LogP contribution in [0.25, 0.3) is 0 Å². The Morgan fingerprint density at radius 2 is 1.77 bits per heavy atom. The summed E-state index contributed by atoms with van der Waals surface area (Å²) in [5.41, 5.74) is 6.24. The molecule has 0 bridgehead atoms. The number of hydrogen-bond acceptors (Lipinski definition) is 5. The lowest BCUT2D eigenvalue weighted by molar-refractivity contribution is -0.138. The molecule has 0 aromatic heterocycles. The number of likely N-dealkylation sites (N-methyl/N-ethyl adjacent to an activating group) is 2. The Labute approximate surface area is 130 Å². The SMILES string of the molecule is CN(C)CCN(C)C(=O)Oc1ccc(C[C@H](N)C(=O)O)cc1. The Morgan fingerprint density at radius 3 is 2.27 bits per heavy atom. The number of rotatable bonds is 7. The van der Waals surface area contributed by atoms with Crippen molar-refractivity contribution in [1.29, 1.82) is 0 Å². The quantitative estimate of drug-likeness (QED) is 0.767. The van der Waals surface area contributed by atoms with Crippen LogP contribution in [0, 0.1) is 0 Å². The Hall–Kier alpha value is -2.12. The van der Waals surface area contributed by atoms with Crippen LogP contribution >= 0.6 is 0 Å². The van der Waals surface area contributed by atoms with Crippen LogP contribution in [0.15, 0.2) is 24.3 Å². The largest absolute Gasteiger partial charge is 0.480 e. The minimum atomic E-state index is -1.04. The molecule has 0 saturated carbocycles. The molecule has 22 heavy (non-hydrogen) atoms. The molecule has 0 saturated heterocycles. The molecule has 0 aliphatic heterocycles. The summed E-state index contributed by atoms with van der Waals surface area (Å²) in [5, 5.41) is 8.76. The van der Waals surface area contributed by atoms with E-state index in [-0.39, 0.29) is 6.42 Å². The number of benzene rings is 1. The van der Waals surface area contributed by atoms with Gasteiger partial charge in [0.05, 0.1) is 0 Å². The zero-order chi connectivity index (χ0) is 16.7. The maximum atomic E-state index is 11.9. The van der Waals surface area contributed by atoms with Crippen molar-refractivity contribution in [1.82, 2.24) is 9.80 Å². The lowest BCUT2D eigenvalue weighted by Gasteiger charge is -2.19. The zero-order valence-electron chi connectivity index (χ0n) is 13.2. The highest BCUT2D eigenvalue weighted by Gasteiger charge is 2.13. The summed E-state index contributed by atoms with van der Waals surface area (Å²) >= 11 is 0. The van der Waals surface area contributed by atoms with Crippen molar-refractivity contribution < 1.29 is 19.4 Å². The third-order valence-corrected chi connectivity index (χ3v) is 3.10. The van der Waals surface area contributed by atoms with E-state index in [1.807, 2.05) is 19.0 Å². The van der Waals surface area contributed by atoms with E-state index in [0.717, 1.165) is 12.1 Å². The van der Waals surface area contributed by atoms with Gasteiger partial charge in [0.15, 0.2) is 0 Å². The number of nitrogens with zero attached hydrogens (tertiary/aromatic N) is 2. The van der Waals surface area contributed by atoms with Crippen molar-refractivity contribution >= 4 is 12.1 Å². The molecule has 122 valence electrons. The monoisotopic (exact) mass is 309 g/mol. The number of carboxylic acids is 1. The number of carbonyl (C=O) groups excluding carboxylic acids is 1. The first-order chi connectivity index (χ1) is 10.3. The first-order valence-electron chi connectivity index (χ1n) is 6.94. The molecule has 3 N–H and O–H groups in total. The Morgan fingerprint density at radius 1 is 1.18 bits per heavy atom. The number of carbonyl (C=O) groups is 2. The van der Waals surface area contributed by atoms with Crippen LogP contribution in [-0.2, 0) is 11.2 Å². The highest BCUT2D eigenvalue weighted by Crippen LogP contribution is 2.14. The molecule has 0 unspecified atom stereocenters. The number of ether oxygens (including phenoxy) is 1. The molecule has 0 heterocycles. The third-order valence-electron chi connectivity index (χ3n) is 3.10. The van der Waals surface area contributed by atoms with Gasteiger partial charge in [0.1, 0.15) is 11.8 Å². The molecule has 0 spiro atoms. The molecule has 1 aromatic rings. The predicted molar refractivity (Wildman–Crippen MR) is 83.0 cm³/mol. The molecule has 0 radical (unpaired) electrons. The van der Waals surface area contributed by atoms with Crippen LogP contribution in [0.3, 0.4) is 0 Å². The molecule has 1 rings (SSSR count). The molecule has 0 aliphatic rings. The normalized spacial score (nSPS) is 12.0. The van der Waals surface area contributed by atoms with E-state index in [1.54, 1.807) is 31.3 Å². The molecule has 1 aromatic carbocycles. The predicted octanol–water partition coefficient (Wildman–Crippen LogP) is 0.633. The van der Waals surface area contributed by atoms with E-state index in [2.05, 4.69) is 0 Å². The van der Waals surface area contributed by atoms with E-state index in [4.69, 9.17) is 15.6 Å². The van der Waals surface area contributed by atoms with Gasteiger partial charge in [0.2, 0.25) is 0 Å². The smallest absolute Gasteiger partial charge is 0.415 e. The number of hydrogen-bond donors (Lipinski definition) is 2. The first-order valence-corrected chi connectivity index (χ1v) is 6.94. The van der Waals surface area contributed by atoms with E-state index in [9.17, 15) is 9.59 Å². The Balaban J connectivity index is 2.53. The Kier molecular flexibility index (Phi) is 6.81. The molecular weight excluding hydrogens is 286 g/mol. The van der Waals surface area contributed by atoms with Crippen LogP contribution in [-0.4, -0.2) is 67.2 Å². The van der Waals surface area contributed by atoms with E-state index in [1.165, 1.54) is 4.90 Å². The van der Waals surface area contributed by atoms with E-state index >= 15 is 0 Å². The molecule has 7 heteroatoms. The average molecular weight is 309 g/mol. The van der Waals surface area contributed by atoms with Crippen molar-refractivity contribution in [2.75, 3.05) is 34.2 Å². The van der Waals surface area contributed by atoms with Gasteiger partial charge in [-0.25, -0.2) is 4.79 Å². The van der Waals surface area contributed by atoms with Gasteiger partial charge in [0.25, 0.3) is 0 Å². The second-order valence-electron chi connectivity index (χ2n) is 5.39. The lowest BCUT2D eigenvalue weighted by atomic mass is 10.1. The van der Waals surface area contributed by atoms with Gasteiger partial charge in [-0.15, -0.1) is 0 Å². The zero-order valence-corrected chi connectivity index (χ0v) is 13.2. The summed E-state index contributed by atoms with van der Waals surface area (Å²) in [6.07, 6.45) is -0.205. The fourth-order valence-corrected chi connectivity index (χ4v) is 1.65. The second kappa shape index (κ2) is 8.35. The van der Waals surface area contributed by atoms with Crippen LogP contribution in [0.5, 0.6) is 5.75 Å². The van der Waals surface area contributed by atoms with Crippen LogP contribution in [0.2, 0.25) is 0 Å². The second-order valence-corrected chi connectivity index (χ2v) is 5.39. The van der Waals surface area contributed by atoms with Gasteiger partial charge >= 0.3 is 12.1 Å². The average Bonchev–Trinajstić information content (AvgIpc) is 2.46. The number of amides is 1. The summed E-state index contributed by atoms with van der Waals surface area (Å²) in [7, 11) is 5.53. The summed E-state index contributed by atoms with van der Waals surface area (Å²) in [6.45, 7) is 1.31. The van der Waals surface area contributed by atoms with Gasteiger partial charge in [-0.1, -0.05) is 12.1 Å². The first kappa shape index (κ1) is 17.9. The lowest BCUT2D eigenvalue weighted by Crippen LogP contribution is -2.35. The fraction of sp³-hybridized carbons (Fsp3) is 0.467. The molecule has 0 aliphatic carbocycles. The van der Waals surface area contributed by atoms with Crippen molar-refractivity contribution in [3.05, 3.63) is 29.8 Å². The highest BCUT2D eigenvalue weighted by molar-refractivity contribution is 5.73. The van der Waals surface area contributed by atoms with Gasteiger partial charge in [-0.2, -0.15) is 0 Å². The van der Waals surface area contributed by atoms with Crippen LogP contribution < -0.4 is 10.5 Å². The fourth-order valence-electron chi connectivity index (χ4n) is 1.65. The van der Waals surface area contributed by atoms with Crippen molar-refractivity contribution in [2.24, 2.45) is 5.73 Å². The molecule has 7 nitrogen and oxygen atoms in total. The molecule has 0 fully saturated rings. The van der Waals surface area contributed by atoms with Gasteiger partial charge in [-0.3, -0.25) is 4.79 Å². The number of carboxylic acid groups (broad SMARTS) is 1. The van der Waals surface area contributed by atoms with Crippen molar-refractivity contribution in [2.45, 2.75) is 12.5 Å². The molecular formula is C15H23N3O4. The summed E-state index contributed by atoms with van der Waals surface area (Å²) in [5.74, 6) is -0.632. The minimum absolute atomic E-state index is 0.228. The van der Waals surface area contributed by atoms with Gasteiger partial charge < -0.3 is 25.4 Å². The Bertz CT molecular complexity index is 502. The number of aliphatic carboxylic acids is 1. The maximum absolute atomic E-state index is 11.9. The van der Waals surface area contributed by atoms with Crippen molar-refractivity contribution in [3.8, 4) is 5.75 Å². The third kappa shape index (κ3) is 6.11. The van der Waals surface area contributed by atoms with Crippen LogP contribution in [0.4, 0.5) is 4.79 Å². The van der Waals surface area contributed by atoms with Crippen molar-refractivity contribution in [3.63, 3.8) is 0 Å². The molecule has 1 amide bonds. The maximum Gasteiger partial charge on any atom is 0.415 e. The highest BCUT2D eigenvalue weighted by atomic mass is 16.6. The van der Waals surface area contributed by atoms with Gasteiger partial charge in [0, 0.05) is 20.1 Å². The number of nitrogens with two attached hydrogens (primary N) is 1.